The standard InChI is InChI=1S/C15H18F3N5O2S/c1-9(2)10(3)19-13(24)8-26-14-20-21-22-23(14)11-4-6-12(7-5-11)25-15(16,17)18/h4-7,9-10H,8H2,1-3H3,(H,19,24)/t10-/m0/s1. The SMILES string of the molecule is CC(C)[C@H](C)NC(=O)CSc1nnnn1-c1ccc(OC(F)(F)F)cc1. The lowest BCUT2D eigenvalue weighted by molar-refractivity contribution is -0.274. The maximum Gasteiger partial charge on any atom is 0.573 e. The molecular weight excluding hydrogens is 371 g/mol. The number of amides is 1. The van der Waals surface area contributed by atoms with E-state index in [9.17, 15) is 18.0 Å². The normalized spacial score (nSPS) is 12.9. The zero-order valence-corrected chi connectivity index (χ0v) is 15.1. The summed E-state index contributed by atoms with van der Waals surface area (Å²) in [5.74, 6) is -0.0656. The molecule has 0 saturated heterocycles. The van der Waals surface area contributed by atoms with Gasteiger partial charge in [0.15, 0.2) is 0 Å². The summed E-state index contributed by atoms with van der Waals surface area (Å²) in [5.41, 5.74) is 0.447. The maximum atomic E-state index is 12.2. The minimum Gasteiger partial charge on any atom is -0.406 e. The first kappa shape index (κ1) is 20.0. The van der Waals surface area contributed by atoms with Crippen molar-refractivity contribution >= 4 is 17.7 Å². The van der Waals surface area contributed by atoms with Crippen molar-refractivity contribution in [2.24, 2.45) is 5.92 Å². The molecule has 1 N–H and O–H groups in total. The summed E-state index contributed by atoms with van der Waals surface area (Å²) < 4.78 is 41.7. The van der Waals surface area contributed by atoms with Crippen molar-refractivity contribution in [2.45, 2.75) is 38.3 Å². The lowest BCUT2D eigenvalue weighted by Gasteiger charge is -2.17. The Morgan fingerprint density at radius 3 is 2.50 bits per heavy atom. The van der Waals surface area contributed by atoms with Crippen molar-refractivity contribution in [3.63, 3.8) is 0 Å². The molecule has 1 aromatic heterocycles. The summed E-state index contributed by atoms with van der Waals surface area (Å²) in [6.07, 6.45) is -4.75. The highest BCUT2D eigenvalue weighted by molar-refractivity contribution is 7.99. The van der Waals surface area contributed by atoms with Gasteiger partial charge in [-0.3, -0.25) is 4.79 Å². The number of thioether (sulfide) groups is 1. The maximum absolute atomic E-state index is 12.2. The van der Waals surface area contributed by atoms with Gasteiger partial charge in [-0.1, -0.05) is 25.6 Å². The van der Waals surface area contributed by atoms with Crippen LogP contribution in [0.2, 0.25) is 0 Å². The summed E-state index contributed by atoms with van der Waals surface area (Å²) in [5, 5.41) is 14.4. The lowest BCUT2D eigenvalue weighted by atomic mass is 10.1. The molecule has 0 saturated carbocycles. The van der Waals surface area contributed by atoms with E-state index < -0.39 is 6.36 Å². The largest absolute Gasteiger partial charge is 0.573 e. The van der Waals surface area contributed by atoms with Gasteiger partial charge in [0.05, 0.1) is 11.4 Å². The van der Waals surface area contributed by atoms with E-state index in [-0.39, 0.29) is 23.5 Å². The molecule has 0 unspecified atom stereocenters. The van der Waals surface area contributed by atoms with Gasteiger partial charge < -0.3 is 10.1 Å². The van der Waals surface area contributed by atoms with Crippen molar-refractivity contribution in [2.75, 3.05) is 5.75 Å². The number of alkyl halides is 3. The van der Waals surface area contributed by atoms with Gasteiger partial charge in [-0.2, -0.15) is 4.68 Å². The van der Waals surface area contributed by atoms with E-state index in [1.807, 2.05) is 20.8 Å². The third-order valence-corrected chi connectivity index (χ3v) is 4.40. The molecule has 0 radical (unpaired) electrons. The molecule has 11 heteroatoms. The Labute approximate surface area is 152 Å². The zero-order valence-electron chi connectivity index (χ0n) is 14.3. The number of rotatable bonds is 7. The minimum absolute atomic E-state index is 0.0419. The van der Waals surface area contributed by atoms with Crippen LogP contribution in [-0.4, -0.2) is 44.3 Å². The molecule has 142 valence electrons. The van der Waals surface area contributed by atoms with Gasteiger partial charge in [0.25, 0.3) is 0 Å². The molecule has 26 heavy (non-hydrogen) atoms. The number of aromatic nitrogens is 4. The Morgan fingerprint density at radius 1 is 1.27 bits per heavy atom. The molecule has 0 spiro atoms. The molecule has 2 rings (SSSR count). The van der Waals surface area contributed by atoms with Crippen molar-refractivity contribution in [3.05, 3.63) is 24.3 Å². The predicted octanol–water partition coefficient (Wildman–Crippen LogP) is 2.81. The number of nitrogens with zero attached hydrogens (tertiary/aromatic N) is 4. The Kier molecular flexibility index (Phi) is 6.46. The van der Waals surface area contributed by atoms with Crippen molar-refractivity contribution < 1.29 is 22.7 Å². The average Bonchev–Trinajstić information content (AvgIpc) is 3.00. The van der Waals surface area contributed by atoms with Crippen LogP contribution in [0.25, 0.3) is 5.69 Å². The number of hydrogen-bond acceptors (Lipinski definition) is 6. The van der Waals surface area contributed by atoms with Gasteiger partial charge in [-0.05, 0) is 47.5 Å². The molecule has 1 aromatic carbocycles. The number of carbonyl (C=O) groups is 1. The number of carbonyl (C=O) groups excluding carboxylic acids is 1. The second-order valence-corrected chi connectivity index (χ2v) is 6.75. The number of benzene rings is 1. The fourth-order valence-corrected chi connectivity index (χ4v) is 2.51. The predicted molar refractivity (Wildman–Crippen MR) is 89.0 cm³/mol. The van der Waals surface area contributed by atoms with E-state index in [1.54, 1.807) is 0 Å². The monoisotopic (exact) mass is 389 g/mol. The highest BCUT2D eigenvalue weighted by atomic mass is 32.2. The second kappa shape index (κ2) is 8.39. The topological polar surface area (TPSA) is 81.9 Å². The van der Waals surface area contributed by atoms with E-state index in [4.69, 9.17) is 0 Å². The molecule has 1 amide bonds. The minimum atomic E-state index is -4.75. The third kappa shape index (κ3) is 5.90. The van der Waals surface area contributed by atoms with E-state index in [0.717, 1.165) is 23.9 Å². The van der Waals surface area contributed by atoms with Crippen LogP contribution in [0.4, 0.5) is 13.2 Å². The molecule has 7 nitrogen and oxygen atoms in total. The van der Waals surface area contributed by atoms with Crippen molar-refractivity contribution in [3.8, 4) is 11.4 Å². The average molecular weight is 389 g/mol. The van der Waals surface area contributed by atoms with E-state index in [2.05, 4.69) is 25.6 Å². The molecule has 0 aliphatic carbocycles. The zero-order chi connectivity index (χ0) is 19.3. The van der Waals surface area contributed by atoms with Crippen molar-refractivity contribution in [1.82, 2.24) is 25.5 Å². The first-order chi connectivity index (χ1) is 12.2. The van der Waals surface area contributed by atoms with Gasteiger partial charge in [-0.25, -0.2) is 0 Å². The molecule has 1 atom stereocenters. The smallest absolute Gasteiger partial charge is 0.406 e. The summed E-state index contributed by atoms with van der Waals surface area (Å²) in [7, 11) is 0. The quantitative estimate of drug-likeness (QED) is 0.734. The van der Waals surface area contributed by atoms with E-state index in [1.165, 1.54) is 16.8 Å². The molecule has 0 aliphatic heterocycles. The Hall–Kier alpha value is -2.30. The second-order valence-electron chi connectivity index (χ2n) is 5.80. The fourth-order valence-electron chi connectivity index (χ4n) is 1.81. The van der Waals surface area contributed by atoms with E-state index in [0.29, 0.717) is 16.8 Å². The van der Waals surface area contributed by atoms with Gasteiger partial charge in [0.1, 0.15) is 5.75 Å². The molecule has 0 fully saturated rings. The van der Waals surface area contributed by atoms with Crippen LogP contribution in [0.1, 0.15) is 20.8 Å². The number of ether oxygens (including phenoxy) is 1. The fraction of sp³-hybridized carbons (Fsp3) is 0.467. The third-order valence-electron chi connectivity index (χ3n) is 3.48. The molecular formula is C15H18F3N5O2S. The lowest BCUT2D eigenvalue weighted by Crippen LogP contribution is -2.37. The Morgan fingerprint density at radius 2 is 1.92 bits per heavy atom. The van der Waals surface area contributed by atoms with Crippen LogP contribution in [0.3, 0.4) is 0 Å². The molecule has 0 bridgehead atoms. The summed E-state index contributed by atoms with van der Waals surface area (Å²) in [4.78, 5) is 11.9. The van der Waals surface area contributed by atoms with Crippen LogP contribution in [0.5, 0.6) is 5.75 Å². The van der Waals surface area contributed by atoms with Gasteiger partial charge in [0.2, 0.25) is 11.1 Å². The van der Waals surface area contributed by atoms with Gasteiger partial charge >= 0.3 is 6.36 Å². The van der Waals surface area contributed by atoms with Crippen molar-refractivity contribution in [1.29, 1.82) is 0 Å². The van der Waals surface area contributed by atoms with Crippen LogP contribution < -0.4 is 10.1 Å². The number of nitrogens with one attached hydrogen (secondary N) is 1. The number of hydrogen-bond donors (Lipinski definition) is 1. The summed E-state index contributed by atoms with van der Waals surface area (Å²) >= 11 is 1.13. The number of halogens is 3. The Bertz CT molecular complexity index is 734. The Balaban J connectivity index is 2.01. The van der Waals surface area contributed by atoms with Crippen LogP contribution in [-0.2, 0) is 4.79 Å². The highest BCUT2D eigenvalue weighted by Crippen LogP contribution is 2.24. The van der Waals surface area contributed by atoms with Crippen LogP contribution in [0, 0.1) is 5.92 Å². The summed E-state index contributed by atoms with van der Waals surface area (Å²) in [6, 6.07) is 5.15. The molecule has 1 heterocycles. The molecule has 2 aromatic rings. The highest BCUT2D eigenvalue weighted by Gasteiger charge is 2.31. The molecule has 0 aliphatic rings. The van der Waals surface area contributed by atoms with E-state index >= 15 is 0 Å². The first-order valence-corrected chi connectivity index (χ1v) is 8.71. The number of tetrazole rings is 1. The van der Waals surface area contributed by atoms with Crippen LogP contribution >= 0.6 is 11.8 Å². The summed E-state index contributed by atoms with van der Waals surface area (Å²) in [6.45, 7) is 5.93. The van der Waals surface area contributed by atoms with Gasteiger partial charge in [0, 0.05) is 6.04 Å². The van der Waals surface area contributed by atoms with Gasteiger partial charge in [-0.15, -0.1) is 18.3 Å². The van der Waals surface area contributed by atoms with Crippen LogP contribution in [0.15, 0.2) is 29.4 Å². The first-order valence-electron chi connectivity index (χ1n) is 7.72.